The average Bonchev–Trinajstić information content (AvgIpc) is 2.69. The van der Waals surface area contributed by atoms with E-state index in [9.17, 15) is 9.59 Å². The molecule has 1 fully saturated rings. The van der Waals surface area contributed by atoms with Crippen molar-refractivity contribution in [3.63, 3.8) is 0 Å². The summed E-state index contributed by atoms with van der Waals surface area (Å²) in [6, 6.07) is 0. The summed E-state index contributed by atoms with van der Waals surface area (Å²) in [7, 11) is 3.16. The second kappa shape index (κ2) is 13.6. The van der Waals surface area contributed by atoms with Crippen LogP contribution in [-0.4, -0.2) is 86.9 Å². The molecule has 170 valence electrons. The van der Waals surface area contributed by atoms with Gasteiger partial charge in [0.2, 0.25) is 0 Å². The molecule has 10 heteroatoms. The van der Waals surface area contributed by atoms with Gasteiger partial charge >= 0.3 is 12.1 Å². The van der Waals surface area contributed by atoms with Crippen LogP contribution in [0, 0.1) is 5.41 Å². The first kappa shape index (κ1) is 26.4. The minimum absolute atomic E-state index is 0.287. The van der Waals surface area contributed by atoms with Crippen LogP contribution in [0.3, 0.4) is 0 Å². The number of nitrogens with one attached hydrogen (secondary N) is 1. The molecule has 0 aliphatic carbocycles. The van der Waals surface area contributed by atoms with Crippen molar-refractivity contribution in [3.05, 3.63) is 0 Å². The van der Waals surface area contributed by atoms with Crippen molar-refractivity contribution in [2.45, 2.75) is 40.4 Å². The summed E-state index contributed by atoms with van der Waals surface area (Å²) in [5, 5.41) is 2.75. The molecule has 1 heterocycles. The summed E-state index contributed by atoms with van der Waals surface area (Å²) >= 11 is 0. The summed E-state index contributed by atoms with van der Waals surface area (Å²) in [6.07, 6.45) is -0.384. The Labute approximate surface area is 182 Å². The molecule has 0 unspecified atom stereocenters. The summed E-state index contributed by atoms with van der Waals surface area (Å²) in [5.41, 5.74) is -0.764. The molecule has 0 spiro atoms. The highest BCUT2D eigenvalue weighted by Gasteiger charge is 2.43. The lowest BCUT2D eigenvalue weighted by Gasteiger charge is -2.39. The fourth-order valence-electron chi connectivity index (χ4n) is 2.40. The zero-order chi connectivity index (χ0) is 21.8. The van der Waals surface area contributed by atoms with E-state index in [1.807, 2.05) is 13.8 Å². The van der Waals surface area contributed by atoms with Gasteiger partial charge in [-0.15, -0.1) is 0 Å². The van der Waals surface area contributed by atoms with Crippen LogP contribution in [0.5, 0.6) is 0 Å². The van der Waals surface area contributed by atoms with Crippen LogP contribution in [0.1, 0.15) is 34.6 Å². The molecule has 0 aromatic rings. The van der Waals surface area contributed by atoms with Crippen molar-refractivity contribution < 1.29 is 28.5 Å². The van der Waals surface area contributed by atoms with Crippen LogP contribution in [0.15, 0.2) is 0 Å². The lowest BCUT2D eigenvalue weighted by atomic mass is 9.92. The molecule has 1 rings (SSSR count). The normalized spacial score (nSPS) is 17.7. The second-order valence-electron chi connectivity index (χ2n) is 7.41. The maximum atomic E-state index is 12.2. The van der Waals surface area contributed by atoms with Crippen molar-refractivity contribution in [3.8, 4) is 0 Å². The van der Waals surface area contributed by atoms with E-state index in [-0.39, 0.29) is 25.3 Å². The number of ether oxygens (including phenoxy) is 4. The maximum Gasteiger partial charge on any atom is 0.407 e. The van der Waals surface area contributed by atoms with E-state index in [4.69, 9.17) is 18.9 Å². The number of carbonyl (C=O) groups excluding carboxylic acids is 2. The molecule has 0 bridgehead atoms. The largest absolute Gasteiger partial charge is 0.464 e. The fourth-order valence-corrected chi connectivity index (χ4v) is 4.06. The summed E-state index contributed by atoms with van der Waals surface area (Å²) in [6.45, 7) is 14.2. The highest BCUT2D eigenvalue weighted by Crippen LogP contribution is 2.30. The molecule has 8 nitrogen and oxygen atoms in total. The number of rotatable bonds is 13. The lowest BCUT2D eigenvalue weighted by Crippen LogP contribution is -2.49. The van der Waals surface area contributed by atoms with Crippen LogP contribution in [0.2, 0.25) is 0 Å². The average molecular weight is 453 g/mol. The highest BCUT2D eigenvalue weighted by atomic mass is 33.1. The van der Waals surface area contributed by atoms with Crippen LogP contribution >= 0.6 is 21.6 Å². The molecular weight excluding hydrogens is 416 g/mol. The van der Waals surface area contributed by atoms with Crippen molar-refractivity contribution in [2.75, 3.05) is 64.1 Å². The van der Waals surface area contributed by atoms with E-state index >= 15 is 0 Å². The molecular formula is C19H36N2O6S2. The SMILES string of the molecule is CCN(CC)CCNC(=O)OCCSSCCOC(=O)C1(C)COC(C)(C)OC1. The zero-order valence-electron chi connectivity index (χ0n) is 18.3. The Morgan fingerprint density at radius 1 is 1.00 bits per heavy atom. The Morgan fingerprint density at radius 3 is 2.10 bits per heavy atom. The standard InChI is InChI=1S/C19H36N2O6S2/c1-6-21(7-2)9-8-20-17(23)25-11-13-29-28-12-10-24-16(22)19(5)14-26-18(3,4)27-15-19/h6-15H2,1-5H3,(H,20,23). The number of esters is 1. The second-order valence-corrected chi connectivity index (χ2v) is 10.1. The summed E-state index contributed by atoms with van der Waals surface area (Å²) in [5.74, 6) is 0.381. The lowest BCUT2D eigenvalue weighted by molar-refractivity contribution is -0.281. The molecule has 0 radical (unpaired) electrons. The van der Waals surface area contributed by atoms with E-state index in [0.717, 1.165) is 19.6 Å². The Balaban J connectivity index is 1.99. The first-order chi connectivity index (χ1) is 13.7. The minimum atomic E-state index is -0.764. The number of carbonyl (C=O) groups is 2. The summed E-state index contributed by atoms with van der Waals surface area (Å²) < 4.78 is 21.6. The molecule has 1 N–H and O–H groups in total. The van der Waals surface area contributed by atoms with Gasteiger partial charge in [0.25, 0.3) is 0 Å². The minimum Gasteiger partial charge on any atom is -0.464 e. The van der Waals surface area contributed by atoms with Gasteiger partial charge in [0.15, 0.2) is 5.79 Å². The molecule has 1 amide bonds. The molecule has 1 aliphatic heterocycles. The number of amides is 1. The van der Waals surface area contributed by atoms with Crippen LogP contribution in [-0.2, 0) is 23.7 Å². The quantitative estimate of drug-likeness (QED) is 0.257. The third kappa shape index (κ3) is 10.8. The first-order valence-electron chi connectivity index (χ1n) is 10.0. The van der Waals surface area contributed by atoms with Crippen LogP contribution < -0.4 is 5.32 Å². The van der Waals surface area contributed by atoms with Crippen molar-refractivity contribution in [1.29, 1.82) is 0 Å². The van der Waals surface area contributed by atoms with Gasteiger partial charge in [-0.05, 0) is 33.9 Å². The third-order valence-corrected chi connectivity index (χ3v) is 6.78. The fraction of sp³-hybridized carbons (Fsp3) is 0.895. The first-order valence-corrected chi connectivity index (χ1v) is 12.5. The Kier molecular flexibility index (Phi) is 12.3. The maximum absolute atomic E-state index is 12.2. The van der Waals surface area contributed by atoms with E-state index in [0.29, 0.717) is 31.3 Å². The van der Waals surface area contributed by atoms with Gasteiger partial charge in [-0.25, -0.2) is 4.79 Å². The third-order valence-electron chi connectivity index (χ3n) is 4.44. The van der Waals surface area contributed by atoms with Gasteiger partial charge < -0.3 is 29.2 Å². The van der Waals surface area contributed by atoms with Crippen LogP contribution in [0.4, 0.5) is 4.79 Å². The van der Waals surface area contributed by atoms with Crippen molar-refractivity contribution in [2.24, 2.45) is 5.41 Å². The van der Waals surface area contributed by atoms with Gasteiger partial charge in [0.05, 0.1) is 13.2 Å². The molecule has 0 atom stereocenters. The Hall–Kier alpha value is -0.680. The molecule has 29 heavy (non-hydrogen) atoms. The zero-order valence-corrected chi connectivity index (χ0v) is 19.9. The van der Waals surface area contributed by atoms with Gasteiger partial charge in [0.1, 0.15) is 18.6 Å². The highest BCUT2D eigenvalue weighted by molar-refractivity contribution is 8.76. The van der Waals surface area contributed by atoms with Crippen molar-refractivity contribution >= 4 is 33.7 Å². The smallest absolute Gasteiger partial charge is 0.407 e. The van der Waals surface area contributed by atoms with Gasteiger partial charge in [-0.1, -0.05) is 35.4 Å². The summed E-state index contributed by atoms with van der Waals surface area (Å²) in [4.78, 5) is 26.1. The number of hydrogen-bond donors (Lipinski definition) is 1. The predicted octanol–water partition coefficient (Wildman–Crippen LogP) is 2.77. The van der Waals surface area contributed by atoms with Gasteiger partial charge in [-0.2, -0.15) is 0 Å². The van der Waals surface area contributed by atoms with E-state index in [1.165, 1.54) is 0 Å². The monoisotopic (exact) mass is 452 g/mol. The number of likely N-dealkylation sites (N-methyl/N-ethyl adjacent to an activating group) is 1. The van der Waals surface area contributed by atoms with Crippen LogP contribution in [0.25, 0.3) is 0 Å². The number of nitrogens with zero attached hydrogens (tertiary/aromatic N) is 1. The van der Waals surface area contributed by atoms with Crippen molar-refractivity contribution in [1.82, 2.24) is 10.2 Å². The molecule has 0 aromatic carbocycles. The topological polar surface area (TPSA) is 86.3 Å². The predicted molar refractivity (Wildman–Crippen MR) is 117 cm³/mol. The molecule has 1 aliphatic rings. The molecule has 0 saturated carbocycles. The van der Waals surface area contributed by atoms with E-state index in [2.05, 4.69) is 24.1 Å². The Bertz CT molecular complexity index is 493. The number of alkyl carbamates (subject to hydrolysis) is 1. The Morgan fingerprint density at radius 2 is 1.55 bits per heavy atom. The van der Waals surface area contributed by atoms with Gasteiger partial charge in [-0.3, -0.25) is 4.79 Å². The van der Waals surface area contributed by atoms with Gasteiger partial charge in [0, 0.05) is 24.6 Å². The van der Waals surface area contributed by atoms with E-state index < -0.39 is 11.2 Å². The molecule has 0 aromatic heterocycles. The molecule has 1 saturated heterocycles. The number of hydrogen-bond acceptors (Lipinski definition) is 9. The van der Waals surface area contributed by atoms with E-state index in [1.54, 1.807) is 28.5 Å².